The van der Waals surface area contributed by atoms with E-state index in [1.54, 1.807) is 0 Å². The Morgan fingerprint density at radius 2 is 2.04 bits per heavy atom. The Kier molecular flexibility index (Phi) is 4.70. The number of rotatable bonds is 6. The smallest absolute Gasteiger partial charge is 0.127 e. The van der Waals surface area contributed by atoms with Gasteiger partial charge in [0.25, 0.3) is 0 Å². The molecule has 1 N–H and O–H groups in total. The van der Waals surface area contributed by atoms with Crippen molar-refractivity contribution in [3.63, 3.8) is 0 Å². The van der Waals surface area contributed by atoms with Crippen LogP contribution < -0.4 is 4.74 Å². The molecule has 0 bridgehead atoms. The molecule has 1 aromatic carbocycles. The molecule has 23 heavy (non-hydrogen) atoms. The Balaban J connectivity index is 1.80. The molecule has 2 heteroatoms. The molecule has 2 unspecified atom stereocenters. The second-order valence-electron chi connectivity index (χ2n) is 7.80. The van der Waals surface area contributed by atoms with Crippen LogP contribution in [-0.4, -0.2) is 11.2 Å². The molecule has 1 aromatic rings. The molecule has 1 aliphatic heterocycles. The van der Waals surface area contributed by atoms with E-state index in [-0.39, 0.29) is 11.5 Å². The summed E-state index contributed by atoms with van der Waals surface area (Å²) in [7, 11) is 0. The minimum absolute atomic E-state index is 0.0766. The van der Waals surface area contributed by atoms with Crippen LogP contribution in [0.3, 0.4) is 0 Å². The Morgan fingerprint density at radius 3 is 2.83 bits per heavy atom. The van der Waals surface area contributed by atoms with E-state index in [1.165, 1.54) is 31.2 Å². The zero-order chi connectivity index (χ0) is 16.4. The van der Waals surface area contributed by atoms with Gasteiger partial charge in [-0.15, -0.1) is 0 Å². The van der Waals surface area contributed by atoms with Gasteiger partial charge in [0, 0.05) is 11.5 Å². The van der Waals surface area contributed by atoms with Crippen LogP contribution in [0.15, 0.2) is 24.3 Å². The van der Waals surface area contributed by atoms with Crippen molar-refractivity contribution >= 4 is 0 Å². The van der Waals surface area contributed by atoms with E-state index in [1.807, 2.05) is 6.07 Å². The van der Waals surface area contributed by atoms with E-state index in [2.05, 4.69) is 39.0 Å². The fourth-order valence-electron chi connectivity index (χ4n) is 3.99. The van der Waals surface area contributed by atoms with Crippen molar-refractivity contribution in [3.8, 4) is 11.5 Å². The van der Waals surface area contributed by atoms with Crippen LogP contribution >= 0.6 is 0 Å². The van der Waals surface area contributed by atoms with Crippen molar-refractivity contribution in [3.05, 3.63) is 35.4 Å². The van der Waals surface area contributed by atoms with Crippen molar-refractivity contribution in [1.82, 2.24) is 0 Å². The number of hydrogen-bond acceptors (Lipinski definition) is 2. The van der Waals surface area contributed by atoms with Crippen LogP contribution in [0.2, 0.25) is 0 Å². The first kappa shape index (κ1) is 16.4. The maximum Gasteiger partial charge on any atom is 0.127 e. The van der Waals surface area contributed by atoms with Gasteiger partial charge in [0.1, 0.15) is 17.6 Å². The predicted molar refractivity (Wildman–Crippen MR) is 95.4 cm³/mol. The average Bonchev–Trinajstić information content (AvgIpc) is 2.90. The maximum absolute atomic E-state index is 10.6. The third kappa shape index (κ3) is 3.27. The van der Waals surface area contributed by atoms with Crippen molar-refractivity contribution in [2.45, 2.75) is 83.2 Å². The predicted octanol–water partition coefficient (Wildman–Crippen LogP) is 5.83. The molecule has 0 spiro atoms. The van der Waals surface area contributed by atoms with Crippen molar-refractivity contribution in [1.29, 1.82) is 0 Å². The van der Waals surface area contributed by atoms with E-state index < -0.39 is 0 Å². The van der Waals surface area contributed by atoms with Crippen LogP contribution in [0, 0.1) is 0 Å². The Morgan fingerprint density at radius 1 is 1.22 bits per heavy atom. The molecule has 0 amide bonds. The molecule has 3 rings (SSSR count). The van der Waals surface area contributed by atoms with Gasteiger partial charge in [0.15, 0.2) is 0 Å². The number of phenolic OH excluding ortho intramolecular Hbond substituents is 1. The van der Waals surface area contributed by atoms with Crippen LogP contribution in [0.1, 0.15) is 82.8 Å². The van der Waals surface area contributed by atoms with Crippen LogP contribution in [-0.2, 0) is 5.41 Å². The Hall–Kier alpha value is -1.44. The summed E-state index contributed by atoms with van der Waals surface area (Å²) in [4.78, 5) is 0. The molecule has 2 aliphatic rings. The number of fused-ring (bicyclic) bond motifs is 3. The van der Waals surface area contributed by atoms with Gasteiger partial charge in [-0.1, -0.05) is 52.5 Å². The summed E-state index contributed by atoms with van der Waals surface area (Å²) in [5, 5.41) is 10.6. The lowest BCUT2D eigenvalue weighted by atomic mass is 9.78. The average molecular weight is 314 g/mol. The Labute approximate surface area is 140 Å². The summed E-state index contributed by atoms with van der Waals surface area (Å²) in [5.74, 6) is 1.67. The highest BCUT2D eigenvalue weighted by atomic mass is 16.5. The third-order valence-electron chi connectivity index (χ3n) is 5.56. The molecular weight excluding hydrogens is 284 g/mol. The molecule has 2 atom stereocenters. The molecule has 1 heterocycles. The van der Waals surface area contributed by atoms with Crippen LogP contribution in [0.5, 0.6) is 11.5 Å². The van der Waals surface area contributed by atoms with Crippen LogP contribution in [0.25, 0.3) is 0 Å². The molecule has 0 saturated carbocycles. The van der Waals surface area contributed by atoms with Gasteiger partial charge < -0.3 is 9.84 Å². The summed E-state index contributed by atoms with van der Waals surface area (Å²) in [6, 6.07) is 4.17. The summed E-state index contributed by atoms with van der Waals surface area (Å²) in [5.41, 5.74) is 2.31. The number of phenols is 1. The van der Waals surface area contributed by atoms with E-state index in [0.717, 1.165) is 30.6 Å². The lowest BCUT2D eigenvalue weighted by Crippen LogP contribution is -2.18. The first-order chi connectivity index (χ1) is 11.0. The lowest BCUT2D eigenvalue weighted by molar-refractivity contribution is 0.243. The first-order valence-corrected chi connectivity index (χ1v) is 9.23. The standard InChI is InChI=1S/C21H30O2/c1-4-5-6-9-12-21(2,3)15-13-17(22)20-16-10-7-8-11-18(16)23-19(20)14-15/h8,11,13-14,16,18,22H,4-7,9-10,12H2,1-3H3. The van der Waals surface area contributed by atoms with E-state index in [0.29, 0.717) is 11.7 Å². The first-order valence-electron chi connectivity index (χ1n) is 9.23. The molecule has 126 valence electrons. The normalized spacial score (nSPS) is 22.6. The number of hydrogen-bond donors (Lipinski definition) is 1. The van der Waals surface area contributed by atoms with E-state index in [9.17, 15) is 5.11 Å². The van der Waals surface area contributed by atoms with Gasteiger partial charge in [0.05, 0.1) is 0 Å². The molecule has 2 nitrogen and oxygen atoms in total. The summed E-state index contributed by atoms with van der Waals surface area (Å²) in [6.07, 6.45) is 12.9. The second kappa shape index (κ2) is 6.59. The second-order valence-corrected chi connectivity index (χ2v) is 7.80. The summed E-state index contributed by atoms with van der Waals surface area (Å²) >= 11 is 0. The molecule has 0 fully saturated rings. The molecular formula is C21H30O2. The van der Waals surface area contributed by atoms with Gasteiger partial charge in [0.2, 0.25) is 0 Å². The third-order valence-corrected chi connectivity index (χ3v) is 5.56. The quantitative estimate of drug-likeness (QED) is 0.528. The maximum atomic E-state index is 10.6. The fourth-order valence-corrected chi connectivity index (χ4v) is 3.99. The number of allylic oxidation sites excluding steroid dienone is 1. The van der Waals surface area contributed by atoms with Gasteiger partial charge in [-0.2, -0.15) is 0 Å². The zero-order valence-electron chi connectivity index (χ0n) is 14.8. The van der Waals surface area contributed by atoms with Gasteiger partial charge in [-0.3, -0.25) is 0 Å². The highest BCUT2D eigenvalue weighted by Gasteiger charge is 2.37. The van der Waals surface area contributed by atoms with Crippen molar-refractivity contribution in [2.75, 3.05) is 0 Å². The number of aromatic hydroxyl groups is 1. The van der Waals surface area contributed by atoms with Gasteiger partial charge in [-0.05, 0) is 48.4 Å². The monoisotopic (exact) mass is 314 g/mol. The number of unbranched alkanes of at least 4 members (excludes halogenated alkanes) is 3. The zero-order valence-corrected chi connectivity index (χ0v) is 14.8. The van der Waals surface area contributed by atoms with Crippen molar-refractivity contribution < 1.29 is 9.84 Å². The summed E-state index contributed by atoms with van der Waals surface area (Å²) < 4.78 is 6.12. The number of ether oxygens (including phenoxy) is 1. The largest absolute Gasteiger partial charge is 0.508 e. The molecule has 0 saturated heterocycles. The lowest BCUT2D eigenvalue weighted by Gasteiger charge is -2.26. The topological polar surface area (TPSA) is 29.5 Å². The molecule has 1 aliphatic carbocycles. The number of benzene rings is 1. The molecule has 0 radical (unpaired) electrons. The van der Waals surface area contributed by atoms with E-state index >= 15 is 0 Å². The SMILES string of the molecule is CCCCCCC(C)(C)c1cc(O)c2c(c1)OC1C=CCCC21. The minimum atomic E-state index is 0.0766. The fraction of sp³-hybridized carbons (Fsp3) is 0.619. The van der Waals surface area contributed by atoms with Gasteiger partial charge in [-0.25, -0.2) is 0 Å². The summed E-state index contributed by atoms with van der Waals surface area (Å²) in [6.45, 7) is 6.80. The minimum Gasteiger partial charge on any atom is -0.508 e. The molecule has 0 aromatic heterocycles. The van der Waals surface area contributed by atoms with Crippen molar-refractivity contribution in [2.24, 2.45) is 0 Å². The van der Waals surface area contributed by atoms with Crippen LogP contribution in [0.4, 0.5) is 0 Å². The highest BCUT2D eigenvalue weighted by Crippen LogP contribution is 2.49. The highest BCUT2D eigenvalue weighted by molar-refractivity contribution is 5.54. The van der Waals surface area contributed by atoms with Gasteiger partial charge >= 0.3 is 0 Å². The van der Waals surface area contributed by atoms with E-state index in [4.69, 9.17) is 4.74 Å². The Bertz CT molecular complexity index is 586.